The normalized spacial score (nSPS) is 13.6. The van der Waals surface area contributed by atoms with E-state index in [2.05, 4.69) is 0 Å². The fourth-order valence-electron chi connectivity index (χ4n) is 1.10. The molecular weight excluding hydrogens is 211 g/mol. The molecule has 0 saturated carbocycles. The standard InChI is InChI=1S/C9H7BN2O4/c1-3-7(14)11(6(2)13)10-12-8(15)4-5-9(12)16/h1,4-5,10H,2H3. The van der Waals surface area contributed by atoms with Crippen LogP contribution < -0.4 is 0 Å². The Bertz CT molecular complexity index is 431. The van der Waals surface area contributed by atoms with Crippen LogP contribution in [0.15, 0.2) is 12.2 Å². The van der Waals surface area contributed by atoms with E-state index in [1.54, 1.807) is 5.92 Å². The summed E-state index contributed by atoms with van der Waals surface area (Å²) in [6.07, 6.45) is 6.97. The van der Waals surface area contributed by atoms with Crippen molar-refractivity contribution in [2.75, 3.05) is 0 Å². The first-order chi connectivity index (χ1) is 7.47. The number of terminal acetylenes is 1. The number of hydrogen-bond donors (Lipinski definition) is 0. The zero-order chi connectivity index (χ0) is 12.3. The molecule has 1 aliphatic heterocycles. The molecule has 80 valence electrons. The molecule has 6 nitrogen and oxygen atoms in total. The smallest absolute Gasteiger partial charge is 0.302 e. The third-order valence-electron chi connectivity index (χ3n) is 1.93. The molecule has 1 rings (SSSR count). The fraction of sp³-hybridized carbons (Fsp3) is 0.111. The largest absolute Gasteiger partial charge is 0.378 e. The van der Waals surface area contributed by atoms with Gasteiger partial charge in [-0.2, -0.15) is 0 Å². The van der Waals surface area contributed by atoms with Crippen molar-refractivity contribution in [3.05, 3.63) is 12.2 Å². The van der Waals surface area contributed by atoms with Crippen molar-refractivity contribution in [2.24, 2.45) is 0 Å². The van der Waals surface area contributed by atoms with E-state index < -0.39 is 31.2 Å². The molecule has 0 saturated heterocycles. The predicted octanol–water partition coefficient (Wildman–Crippen LogP) is -1.81. The van der Waals surface area contributed by atoms with Crippen molar-refractivity contribution in [1.29, 1.82) is 0 Å². The maximum atomic E-state index is 11.2. The monoisotopic (exact) mass is 218 g/mol. The van der Waals surface area contributed by atoms with Crippen LogP contribution in [0.4, 0.5) is 0 Å². The van der Waals surface area contributed by atoms with Crippen LogP contribution in [0.1, 0.15) is 6.92 Å². The first kappa shape index (κ1) is 11.7. The number of hydrogen-bond acceptors (Lipinski definition) is 4. The van der Waals surface area contributed by atoms with Gasteiger partial charge in [0.05, 0.1) is 0 Å². The summed E-state index contributed by atoms with van der Waals surface area (Å²) in [5.74, 6) is -0.936. The first-order valence-corrected chi connectivity index (χ1v) is 4.29. The second-order valence-corrected chi connectivity index (χ2v) is 2.98. The average molecular weight is 218 g/mol. The van der Waals surface area contributed by atoms with E-state index in [0.29, 0.717) is 4.81 Å². The SMILES string of the molecule is C#CC(=O)N(BN1C(=O)C=CC1=O)C(C)=O. The van der Waals surface area contributed by atoms with E-state index in [1.165, 1.54) is 0 Å². The summed E-state index contributed by atoms with van der Waals surface area (Å²) in [7, 11) is -0.455. The third-order valence-corrected chi connectivity index (χ3v) is 1.93. The Morgan fingerprint density at radius 3 is 2.25 bits per heavy atom. The van der Waals surface area contributed by atoms with Crippen LogP contribution in [0, 0.1) is 12.3 Å². The van der Waals surface area contributed by atoms with Crippen LogP contribution in [-0.4, -0.2) is 40.8 Å². The van der Waals surface area contributed by atoms with E-state index in [4.69, 9.17) is 6.42 Å². The minimum atomic E-state index is -0.889. The summed E-state index contributed by atoms with van der Waals surface area (Å²) in [5, 5.41) is 0. The van der Waals surface area contributed by atoms with Gasteiger partial charge in [-0.15, -0.1) is 6.42 Å². The molecular formula is C9H7BN2O4. The summed E-state index contributed by atoms with van der Waals surface area (Å²) in [5.41, 5.74) is 0. The van der Waals surface area contributed by atoms with Crippen LogP contribution in [0.25, 0.3) is 0 Å². The quantitative estimate of drug-likeness (QED) is 0.311. The summed E-state index contributed by atoms with van der Waals surface area (Å²) >= 11 is 0. The highest BCUT2D eigenvalue weighted by molar-refractivity contribution is 6.50. The highest BCUT2D eigenvalue weighted by Gasteiger charge is 2.30. The second-order valence-electron chi connectivity index (χ2n) is 2.98. The highest BCUT2D eigenvalue weighted by Crippen LogP contribution is 2.03. The molecule has 4 amide bonds. The lowest BCUT2D eigenvalue weighted by Gasteiger charge is -2.20. The lowest BCUT2D eigenvalue weighted by Crippen LogP contribution is -2.49. The van der Waals surface area contributed by atoms with E-state index >= 15 is 0 Å². The molecule has 0 spiro atoms. The Balaban J connectivity index is 2.82. The summed E-state index contributed by atoms with van der Waals surface area (Å²) in [6.45, 7) is 1.12. The summed E-state index contributed by atoms with van der Waals surface area (Å²) in [6, 6.07) is 0. The van der Waals surface area contributed by atoms with Gasteiger partial charge in [0.1, 0.15) is 0 Å². The minimum absolute atomic E-state index is 0.455. The van der Waals surface area contributed by atoms with Gasteiger partial charge in [-0.25, -0.2) is 0 Å². The number of amides is 4. The molecule has 0 aliphatic carbocycles. The molecule has 0 atom stereocenters. The molecule has 1 heterocycles. The molecule has 0 N–H and O–H groups in total. The molecule has 16 heavy (non-hydrogen) atoms. The molecule has 0 radical (unpaired) electrons. The first-order valence-electron chi connectivity index (χ1n) is 4.29. The molecule has 0 unspecified atom stereocenters. The average Bonchev–Trinajstić information content (AvgIpc) is 2.54. The zero-order valence-electron chi connectivity index (χ0n) is 8.47. The topological polar surface area (TPSA) is 74.8 Å². The Kier molecular flexibility index (Phi) is 3.25. The van der Waals surface area contributed by atoms with Gasteiger partial charge in [-0.1, -0.05) is 0 Å². The second kappa shape index (κ2) is 4.44. The molecule has 0 aromatic heterocycles. The van der Waals surface area contributed by atoms with Gasteiger partial charge >= 0.3 is 7.55 Å². The summed E-state index contributed by atoms with van der Waals surface area (Å²) in [4.78, 5) is 46.0. The summed E-state index contributed by atoms with van der Waals surface area (Å²) < 4.78 is 0. The van der Waals surface area contributed by atoms with E-state index in [0.717, 1.165) is 23.9 Å². The van der Waals surface area contributed by atoms with Crippen LogP contribution in [-0.2, 0) is 19.2 Å². The van der Waals surface area contributed by atoms with Gasteiger partial charge in [0.25, 0.3) is 5.91 Å². The van der Waals surface area contributed by atoms with Gasteiger partial charge in [0.15, 0.2) is 0 Å². The van der Waals surface area contributed by atoms with Gasteiger partial charge < -0.3 is 4.81 Å². The van der Waals surface area contributed by atoms with E-state index in [-0.39, 0.29) is 0 Å². The van der Waals surface area contributed by atoms with Gasteiger partial charge in [0.2, 0.25) is 17.7 Å². The Morgan fingerprint density at radius 2 is 1.88 bits per heavy atom. The van der Waals surface area contributed by atoms with Crippen LogP contribution >= 0.6 is 0 Å². The molecule has 7 heteroatoms. The van der Waals surface area contributed by atoms with Crippen molar-refractivity contribution in [2.45, 2.75) is 6.92 Å². The van der Waals surface area contributed by atoms with Gasteiger partial charge in [-0.3, -0.25) is 24.0 Å². The van der Waals surface area contributed by atoms with E-state index in [1.807, 2.05) is 0 Å². The Morgan fingerprint density at radius 1 is 1.38 bits per heavy atom. The minimum Gasteiger partial charge on any atom is -0.302 e. The maximum Gasteiger partial charge on any atom is 0.378 e. The van der Waals surface area contributed by atoms with Crippen LogP contribution in [0.2, 0.25) is 0 Å². The molecule has 0 aromatic rings. The lowest BCUT2D eigenvalue weighted by atomic mass is 10.0. The number of nitrogens with zero attached hydrogens (tertiary/aromatic N) is 2. The van der Waals surface area contributed by atoms with Gasteiger partial charge in [-0.05, 0) is 5.92 Å². The van der Waals surface area contributed by atoms with Crippen LogP contribution in [0.5, 0.6) is 0 Å². The molecule has 0 aromatic carbocycles. The Hall–Kier alpha value is -2.36. The van der Waals surface area contributed by atoms with Gasteiger partial charge in [0, 0.05) is 19.1 Å². The van der Waals surface area contributed by atoms with Crippen molar-refractivity contribution < 1.29 is 19.2 Å². The van der Waals surface area contributed by atoms with Crippen molar-refractivity contribution in [3.63, 3.8) is 0 Å². The highest BCUT2D eigenvalue weighted by atomic mass is 16.2. The molecule has 0 bridgehead atoms. The third kappa shape index (κ3) is 2.17. The maximum absolute atomic E-state index is 11.2. The zero-order valence-corrected chi connectivity index (χ0v) is 8.47. The fourth-order valence-corrected chi connectivity index (χ4v) is 1.10. The van der Waals surface area contributed by atoms with Crippen molar-refractivity contribution in [3.8, 4) is 12.3 Å². The number of carbonyl (C=O) groups excluding carboxylic acids is 4. The van der Waals surface area contributed by atoms with Crippen LogP contribution in [0.3, 0.4) is 0 Å². The predicted molar refractivity (Wildman–Crippen MR) is 54.5 cm³/mol. The van der Waals surface area contributed by atoms with Crippen molar-refractivity contribution in [1.82, 2.24) is 9.62 Å². The Labute approximate surface area is 92.2 Å². The van der Waals surface area contributed by atoms with Crippen molar-refractivity contribution >= 4 is 31.2 Å². The molecule has 1 aliphatic rings. The molecule has 0 fully saturated rings. The number of rotatable bonds is 2. The number of imide groups is 2. The van der Waals surface area contributed by atoms with E-state index in [9.17, 15) is 19.2 Å². The number of carbonyl (C=O) groups is 4. The lowest BCUT2D eigenvalue weighted by molar-refractivity contribution is -0.135.